The van der Waals surface area contributed by atoms with Crippen molar-refractivity contribution in [1.29, 1.82) is 0 Å². The molecule has 1 amide bonds. The number of hydrogen-bond donors (Lipinski definition) is 3. The lowest BCUT2D eigenvalue weighted by atomic mass is 10.1. The van der Waals surface area contributed by atoms with Gasteiger partial charge in [-0.3, -0.25) is 14.4 Å². The molecule has 7 heteroatoms. The zero-order valence-corrected chi connectivity index (χ0v) is 13.2. The van der Waals surface area contributed by atoms with Crippen LogP contribution in [0.25, 0.3) is 5.65 Å². The number of imidazole rings is 1. The Morgan fingerprint density at radius 1 is 1.50 bits per heavy atom. The third-order valence-electron chi connectivity index (χ3n) is 3.09. The summed E-state index contributed by atoms with van der Waals surface area (Å²) in [6.07, 6.45) is 0. The van der Waals surface area contributed by atoms with Crippen molar-refractivity contribution < 1.29 is 10.0 Å². The molecule has 0 aromatic carbocycles. The summed E-state index contributed by atoms with van der Waals surface area (Å²) >= 11 is 3.52. The lowest BCUT2D eigenvalue weighted by Crippen LogP contribution is -2.27. The standard InChI is InChI=1S/C13H17BrN4O2/c1-7(2)12-13(15-6-11(19)17-20)16-10-5-4-9(14)8(3)18(10)12/h4-5,7,15,20H,6H2,1-3H3,(H,17,19). The first-order valence-corrected chi connectivity index (χ1v) is 7.09. The van der Waals surface area contributed by atoms with Gasteiger partial charge >= 0.3 is 0 Å². The van der Waals surface area contributed by atoms with Crippen LogP contribution in [0.5, 0.6) is 0 Å². The number of carbonyl (C=O) groups excluding carboxylic acids is 1. The van der Waals surface area contributed by atoms with E-state index >= 15 is 0 Å². The molecule has 0 aliphatic carbocycles. The molecular weight excluding hydrogens is 324 g/mol. The minimum atomic E-state index is -0.505. The number of halogens is 1. The summed E-state index contributed by atoms with van der Waals surface area (Å²) in [6.45, 7) is 6.12. The van der Waals surface area contributed by atoms with Gasteiger partial charge in [-0.2, -0.15) is 0 Å². The molecule has 0 saturated heterocycles. The number of rotatable bonds is 4. The molecule has 2 aromatic rings. The van der Waals surface area contributed by atoms with Crippen LogP contribution >= 0.6 is 15.9 Å². The van der Waals surface area contributed by atoms with Crippen LogP contribution in [-0.2, 0) is 4.79 Å². The lowest BCUT2D eigenvalue weighted by Gasteiger charge is -2.12. The van der Waals surface area contributed by atoms with E-state index in [-0.39, 0.29) is 12.5 Å². The Morgan fingerprint density at radius 3 is 2.80 bits per heavy atom. The van der Waals surface area contributed by atoms with Crippen LogP contribution in [0.2, 0.25) is 0 Å². The molecule has 3 N–H and O–H groups in total. The predicted molar refractivity (Wildman–Crippen MR) is 80.1 cm³/mol. The summed E-state index contributed by atoms with van der Waals surface area (Å²) in [5.74, 6) is 0.386. The molecule has 0 bridgehead atoms. The van der Waals surface area contributed by atoms with Gasteiger partial charge in [0.05, 0.1) is 12.2 Å². The zero-order chi connectivity index (χ0) is 14.9. The maximum atomic E-state index is 11.1. The number of fused-ring (bicyclic) bond motifs is 1. The van der Waals surface area contributed by atoms with Gasteiger partial charge in [-0.05, 0) is 40.9 Å². The molecule has 0 spiro atoms. The van der Waals surface area contributed by atoms with E-state index in [4.69, 9.17) is 5.21 Å². The Balaban J connectivity index is 2.52. The van der Waals surface area contributed by atoms with Crippen LogP contribution in [0.15, 0.2) is 16.6 Å². The van der Waals surface area contributed by atoms with Crippen molar-refractivity contribution in [3.63, 3.8) is 0 Å². The van der Waals surface area contributed by atoms with Gasteiger partial charge in [0.1, 0.15) is 11.5 Å². The molecule has 2 heterocycles. The smallest absolute Gasteiger partial charge is 0.262 e. The number of anilines is 1. The number of nitrogens with zero attached hydrogens (tertiary/aromatic N) is 2. The van der Waals surface area contributed by atoms with Crippen molar-refractivity contribution >= 4 is 33.3 Å². The molecule has 2 aromatic heterocycles. The molecule has 0 unspecified atom stereocenters. The fourth-order valence-corrected chi connectivity index (χ4v) is 2.47. The van der Waals surface area contributed by atoms with Gasteiger partial charge in [-0.15, -0.1) is 0 Å². The lowest BCUT2D eigenvalue weighted by molar-refractivity contribution is -0.127. The van der Waals surface area contributed by atoms with E-state index in [9.17, 15) is 4.79 Å². The van der Waals surface area contributed by atoms with Gasteiger partial charge < -0.3 is 5.32 Å². The second-order valence-electron chi connectivity index (χ2n) is 4.85. The molecule has 0 saturated carbocycles. The molecule has 2 rings (SSSR count). The summed E-state index contributed by atoms with van der Waals surface area (Å²) in [7, 11) is 0. The highest BCUT2D eigenvalue weighted by atomic mass is 79.9. The fourth-order valence-electron chi connectivity index (χ4n) is 2.16. The predicted octanol–water partition coefficient (Wildman–Crippen LogP) is 2.45. The van der Waals surface area contributed by atoms with Crippen molar-refractivity contribution in [2.24, 2.45) is 0 Å². The second-order valence-corrected chi connectivity index (χ2v) is 5.70. The van der Waals surface area contributed by atoms with Crippen molar-refractivity contribution in [1.82, 2.24) is 14.9 Å². The number of aryl methyl sites for hydroxylation is 1. The monoisotopic (exact) mass is 340 g/mol. The van der Waals surface area contributed by atoms with Crippen molar-refractivity contribution in [2.45, 2.75) is 26.7 Å². The van der Waals surface area contributed by atoms with Crippen LogP contribution in [0.1, 0.15) is 31.2 Å². The highest BCUT2D eigenvalue weighted by molar-refractivity contribution is 9.10. The van der Waals surface area contributed by atoms with Gasteiger partial charge in [-0.25, -0.2) is 10.5 Å². The highest BCUT2D eigenvalue weighted by Crippen LogP contribution is 2.29. The number of carbonyl (C=O) groups is 1. The van der Waals surface area contributed by atoms with Crippen molar-refractivity contribution in [3.8, 4) is 0 Å². The molecule has 108 valence electrons. The number of amides is 1. The van der Waals surface area contributed by atoms with Gasteiger partial charge in [0.2, 0.25) is 0 Å². The summed E-state index contributed by atoms with van der Waals surface area (Å²) in [4.78, 5) is 15.6. The largest absolute Gasteiger partial charge is 0.359 e. The van der Waals surface area contributed by atoms with Gasteiger partial charge in [0.25, 0.3) is 5.91 Å². The minimum Gasteiger partial charge on any atom is -0.359 e. The summed E-state index contributed by atoms with van der Waals surface area (Å²) in [5, 5.41) is 11.5. The molecule has 20 heavy (non-hydrogen) atoms. The maximum Gasteiger partial charge on any atom is 0.262 e. The van der Waals surface area contributed by atoms with Crippen molar-refractivity contribution in [3.05, 3.63) is 28.0 Å². The zero-order valence-electron chi connectivity index (χ0n) is 11.6. The Morgan fingerprint density at radius 2 is 2.20 bits per heavy atom. The van der Waals surface area contributed by atoms with Gasteiger partial charge in [0, 0.05) is 10.2 Å². The third-order valence-corrected chi connectivity index (χ3v) is 3.92. The first kappa shape index (κ1) is 14.8. The van der Waals surface area contributed by atoms with Crippen LogP contribution in [0, 0.1) is 6.92 Å². The van der Waals surface area contributed by atoms with E-state index in [1.54, 1.807) is 5.48 Å². The average molecular weight is 341 g/mol. The summed E-state index contributed by atoms with van der Waals surface area (Å²) in [5.41, 5.74) is 4.47. The molecule has 0 atom stereocenters. The molecule has 0 aliphatic rings. The van der Waals surface area contributed by atoms with E-state index in [2.05, 4.69) is 44.5 Å². The molecule has 0 radical (unpaired) electrons. The van der Waals surface area contributed by atoms with E-state index in [0.29, 0.717) is 5.82 Å². The summed E-state index contributed by atoms with van der Waals surface area (Å²) in [6, 6.07) is 3.87. The Hall–Kier alpha value is -1.60. The van der Waals surface area contributed by atoms with Gasteiger partial charge in [-0.1, -0.05) is 13.8 Å². The number of aromatic nitrogens is 2. The third kappa shape index (κ3) is 2.64. The molecule has 0 aliphatic heterocycles. The van der Waals surface area contributed by atoms with Crippen LogP contribution in [-0.4, -0.2) is 27.0 Å². The molecule has 6 nitrogen and oxygen atoms in total. The number of hydroxylamine groups is 1. The average Bonchev–Trinajstić information content (AvgIpc) is 2.79. The maximum absolute atomic E-state index is 11.1. The summed E-state index contributed by atoms with van der Waals surface area (Å²) < 4.78 is 3.07. The first-order chi connectivity index (χ1) is 9.45. The fraction of sp³-hybridized carbons (Fsp3) is 0.385. The van der Waals surface area contributed by atoms with Crippen LogP contribution in [0.3, 0.4) is 0 Å². The second kappa shape index (κ2) is 5.80. The van der Waals surface area contributed by atoms with E-state index in [1.165, 1.54) is 0 Å². The highest BCUT2D eigenvalue weighted by Gasteiger charge is 2.18. The quantitative estimate of drug-likeness (QED) is 0.590. The van der Waals surface area contributed by atoms with Gasteiger partial charge in [0.15, 0.2) is 0 Å². The number of hydrogen-bond acceptors (Lipinski definition) is 4. The Bertz CT molecular complexity index is 651. The molecule has 0 fully saturated rings. The SMILES string of the molecule is Cc1c(Br)ccc2nc(NCC(=O)NO)c(C(C)C)n12. The topological polar surface area (TPSA) is 78.7 Å². The Kier molecular flexibility index (Phi) is 4.29. The van der Waals surface area contributed by atoms with Crippen molar-refractivity contribution in [2.75, 3.05) is 11.9 Å². The van der Waals surface area contributed by atoms with E-state index < -0.39 is 5.91 Å². The first-order valence-electron chi connectivity index (χ1n) is 6.30. The molecular formula is C13H17BrN4O2. The van der Waals surface area contributed by atoms with E-state index in [0.717, 1.165) is 21.5 Å². The minimum absolute atomic E-state index is 0.0275. The van der Waals surface area contributed by atoms with Crippen LogP contribution in [0.4, 0.5) is 5.82 Å². The number of nitrogens with one attached hydrogen (secondary N) is 2. The number of pyridine rings is 1. The Labute approximate surface area is 125 Å². The van der Waals surface area contributed by atoms with Crippen LogP contribution < -0.4 is 10.8 Å². The van der Waals surface area contributed by atoms with E-state index in [1.807, 2.05) is 19.1 Å². The normalized spacial score (nSPS) is 11.1.